The van der Waals surface area contributed by atoms with Crippen LogP contribution in [0.25, 0.3) is 0 Å². The predicted octanol–water partition coefficient (Wildman–Crippen LogP) is 6.12. The average molecular weight is 389 g/mol. The van der Waals surface area contributed by atoms with E-state index in [4.69, 9.17) is 0 Å². The van der Waals surface area contributed by atoms with Crippen molar-refractivity contribution in [3.8, 4) is 0 Å². The molecule has 1 aromatic heterocycles. The number of allylic oxidation sites excluding steroid dienone is 5. The Hall–Kier alpha value is -2.16. The molecule has 0 aliphatic heterocycles. The maximum absolute atomic E-state index is 13.1. The molecule has 2 fully saturated rings. The van der Waals surface area contributed by atoms with E-state index in [9.17, 15) is 4.79 Å². The largest absolute Gasteiger partial charge is 0.274 e. The first kappa shape index (κ1) is 18.8. The molecule has 4 unspecified atom stereocenters. The SMILES string of the molecule is CCC(=O)N(C1=C2C(=CCC3C2CCC2CCCCC23)C=C1)c1ncccc1C. The number of amides is 1. The molecule has 0 aromatic carbocycles. The minimum Gasteiger partial charge on any atom is -0.274 e. The molecule has 0 saturated heterocycles. The number of carbonyl (C=O) groups excluding carboxylic acids is 1. The fraction of sp³-hybridized carbons (Fsp3) is 0.538. The topological polar surface area (TPSA) is 33.2 Å². The number of nitrogens with zero attached hydrogens (tertiary/aromatic N) is 2. The maximum Gasteiger partial charge on any atom is 0.232 e. The van der Waals surface area contributed by atoms with Gasteiger partial charge in [-0.2, -0.15) is 0 Å². The van der Waals surface area contributed by atoms with Gasteiger partial charge in [0.2, 0.25) is 5.91 Å². The molecule has 3 heteroatoms. The van der Waals surface area contributed by atoms with Crippen LogP contribution in [0, 0.1) is 30.6 Å². The summed E-state index contributed by atoms with van der Waals surface area (Å²) < 4.78 is 0. The van der Waals surface area contributed by atoms with Crippen LogP contribution in [-0.2, 0) is 4.79 Å². The molecule has 0 bridgehead atoms. The van der Waals surface area contributed by atoms with Gasteiger partial charge in [-0.15, -0.1) is 0 Å². The van der Waals surface area contributed by atoms with Crippen LogP contribution < -0.4 is 4.90 Å². The molecule has 1 aromatic rings. The number of pyridine rings is 1. The van der Waals surface area contributed by atoms with E-state index >= 15 is 0 Å². The summed E-state index contributed by atoms with van der Waals surface area (Å²) in [5.41, 5.74) is 4.93. The summed E-state index contributed by atoms with van der Waals surface area (Å²) in [6, 6.07) is 4.00. The van der Waals surface area contributed by atoms with Gasteiger partial charge in [-0.05, 0) is 85.1 Å². The van der Waals surface area contributed by atoms with Gasteiger partial charge in [0.1, 0.15) is 5.82 Å². The molecule has 5 rings (SSSR count). The minimum absolute atomic E-state index is 0.133. The van der Waals surface area contributed by atoms with E-state index in [1.807, 2.05) is 17.9 Å². The van der Waals surface area contributed by atoms with Crippen molar-refractivity contribution >= 4 is 11.7 Å². The molecule has 4 aliphatic carbocycles. The van der Waals surface area contributed by atoms with Crippen molar-refractivity contribution in [2.24, 2.45) is 23.7 Å². The van der Waals surface area contributed by atoms with Crippen LogP contribution in [0.4, 0.5) is 5.82 Å². The van der Waals surface area contributed by atoms with Gasteiger partial charge in [0.05, 0.1) is 5.70 Å². The summed E-state index contributed by atoms with van der Waals surface area (Å²) in [5, 5.41) is 0. The second-order valence-electron chi connectivity index (χ2n) is 9.31. The van der Waals surface area contributed by atoms with Gasteiger partial charge in [0, 0.05) is 12.6 Å². The zero-order valence-corrected chi connectivity index (χ0v) is 17.7. The fourth-order valence-electron chi connectivity index (χ4n) is 6.53. The van der Waals surface area contributed by atoms with Crippen LogP contribution in [0.15, 0.2) is 53.4 Å². The van der Waals surface area contributed by atoms with E-state index in [-0.39, 0.29) is 5.91 Å². The Labute approximate surface area is 174 Å². The maximum atomic E-state index is 13.1. The Morgan fingerprint density at radius 1 is 1.14 bits per heavy atom. The highest BCUT2D eigenvalue weighted by molar-refractivity contribution is 5.97. The molecule has 3 nitrogen and oxygen atoms in total. The van der Waals surface area contributed by atoms with Gasteiger partial charge < -0.3 is 0 Å². The first-order valence-electron chi connectivity index (χ1n) is 11.6. The number of fused-ring (bicyclic) bond motifs is 5. The van der Waals surface area contributed by atoms with Crippen LogP contribution in [-0.4, -0.2) is 10.9 Å². The van der Waals surface area contributed by atoms with Gasteiger partial charge in [0.15, 0.2) is 0 Å². The molecule has 152 valence electrons. The van der Waals surface area contributed by atoms with Crippen LogP contribution in [0.3, 0.4) is 0 Å². The Balaban J connectivity index is 1.59. The van der Waals surface area contributed by atoms with E-state index in [0.717, 1.165) is 34.8 Å². The molecule has 0 spiro atoms. The number of aryl methyl sites for hydroxylation is 1. The number of rotatable bonds is 3. The molecule has 0 radical (unpaired) electrons. The first-order chi connectivity index (χ1) is 14.2. The Morgan fingerprint density at radius 3 is 2.83 bits per heavy atom. The average Bonchev–Trinajstić information content (AvgIpc) is 3.19. The quantitative estimate of drug-likeness (QED) is 0.625. The second-order valence-corrected chi connectivity index (χ2v) is 9.31. The van der Waals surface area contributed by atoms with Crippen molar-refractivity contribution in [2.45, 2.75) is 65.2 Å². The van der Waals surface area contributed by atoms with Crippen LogP contribution >= 0.6 is 0 Å². The minimum atomic E-state index is 0.133. The van der Waals surface area contributed by atoms with E-state index in [1.165, 1.54) is 56.1 Å². The fourth-order valence-corrected chi connectivity index (χ4v) is 6.53. The number of carbonyl (C=O) groups is 1. The van der Waals surface area contributed by atoms with E-state index < -0.39 is 0 Å². The number of anilines is 1. The smallest absolute Gasteiger partial charge is 0.232 e. The van der Waals surface area contributed by atoms with Crippen molar-refractivity contribution in [3.63, 3.8) is 0 Å². The van der Waals surface area contributed by atoms with E-state index in [0.29, 0.717) is 12.3 Å². The van der Waals surface area contributed by atoms with Gasteiger partial charge in [-0.25, -0.2) is 4.98 Å². The third-order valence-corrected chi connectivity index (χ3v) is 7.86. The summed E-state index contributed by atoms with van der Waals surface area (Å²) in [6.45, 7) is 4.00. The highest BCUT2D eigenvalue weighted by Crippen LogP contribution is 2.55. The van der Waals surface area contributed by atoms with Crippen molar-refractivity contribution in [3.05, 3.63) is 59.0 Å². The number of hydrogen-bond donors (Lipinski definition) is 0. The summed E-state index contributed by atoms with van der Waals surface area (Å²) in [7, 11) is 0. The van der Waals surface area contributed by atoms with Gasteiger partial charge >= 0.3 is 0 Å². The number of aromatic nitrogens is 1. The lowest BCUT2D eigenvalue weighted by atomic mass is 9.57. The molecule has 1 amide bonds. The third-order valence-electron chi connectivity index (χ3n) is 7.86. The lowest BCUT2D eigenvalue weighted by Gasteiger charge is -2.48. The Kier molecular flexibility index (Phi) is 4.93. The zero-order valence-electron chi connectivity index (χ0n) is 17.7. The normalized spacial score (nSPS) is 30.3. The van der Waals surface area contributed by atoms with Crippen molar-refractivity contribution < 1.29 is 4.79 Å². The highest BCUT2D eigenvalue weighted by atomic mass is 16.2. The van der Waals surface area contributed by atoms with Gasteiger partial charge in [-0.3, -0.25) is 9.69 Å². The van der Waals surface area contributed by atoms with Gasteiger partial charge in [0.25, 0.3) is 0 Å². The van der Waals surface area contributed by atoms with E-state index in [1.54, 1.807) is 6.20 Å². The van der Waals surface area contributed by atoms with Crippen LogP contribution in [0.2, 0.25) is 0 Å². The third kappa shape index (κ3) is 3.10. The molecule has 2 saturated carbocycles. The zero-order chi connectivity index (χ0) is 20.0. The molecular formula is C26H32N2O. The van der Waals surface area contributed by atoms with Crippen LogP contribution in [0.1, 0.15) is 63.9 Å². The summed E-state index contributed by atoms with van der Waals surface area (Å²) in [5.74, 6) is 4.09. The second kappa shape index (κ2) is 7.59. The molecule has 0 N–H and O–H groups in total. The van der Waals surface area contributed by atoms with E-state index in [2.05, 4.69) is 36.2 Å². The van der Waals surface area contributed by atoms with Crippen molar-refractivity contribution in [1.82, 2.24) is 4.98 Å². The molecule has 1 heterocycles. The first-order valence-corrected chi connectivity index (χ1v) is 11.6. The molecular weight excluding hydrogens is 356 g/mol. The van der Waals surface area contributed by atoms with Crippen molar-refractivity contribution in [2.75, 3.05) is 4.90 Å². The highest BCUT2D eigenvalue weighted by Gasteiger charge is 2.45. The Morgan fingerprint density at radius 2 is 2.00 bits per heavy atom. The Bertz CT molecular complexity index is 909. The molecule has 4 atom stereocenters. The molecule has 4 aliphatic rings. The predicted molar refractivity (Wildman–Crippen MR) is 117 cm³/mol. The summed E-state index contributed by atoms with van der Waals surface area (Å²) in [6.07, 6.45) is 18.7. The van der Waals surface area contributed by atoms with Crippen molar-refractivity contribution in [1.29, 1.82) is 0 Å². The van der Waals surface area contributed by atoms with Gasteiger partial charge in [-0.1, -0.05) is 44.4 Å². The summed E-state index contributed by atoms with van der Waals surface area (Å²) in [4.78, 5) is 19.6. The number of hydrogen-bond acceptors (Lipinski definition) is 2. The monoisotopic (exact) mass is 388 g/mol. The summed E-state index contributed by atoms with van der Waals surface area (Å²) >= 11 is 0. The standard InChI is InChI=1S/C26H32N2O/c1-3-24(29)28(26-17(2)7-6-16-27-26)23-15-12-19-11-13-21-20-9-5-4-8-18(20)10-14-22(21)25(19)23/h6-7,11-12,15-16,18,20-22H,3-5,8-10,13-14H2,1-2H3. The lowest BCUT2D eigenvalue weighted by molar-refractivity contribution is -0.117. The van der Waals surface area contributed by atoms with Crippen LogP contribution in [0.5, 0.6) is 0 Å². The lowest BCUT2D eigenvalue weighted by Crippen LogP contribution is -2.40. The molecule has 29 heavy (non-hydrogen) atoms.